The van der Waals surface area contributed by atoms with Crippen molar-refractivity contribution in [2.75, 3.05) is 17.2 Å². The summed E-state index contributed by atoms with van der Waals surface area (Å²) in [5.41, 5.74) is 1.45. The number of rotatable bonds is 4. The van der Waals surface area contributed by atoms with Gasteiger partial charge in [-0.15, -0.1) is 0 Å². The summed E-state index contributed by atoms with van der Waals surface area (Å²) in [6.07, 6.45) is -4.38. The predicted molar refractivity (Wildman–Crippen MR) is 79.7 cm³/mol. The molecule has 0 radical (unpaired) electrons. The Morgan fingerprint density at radius 2 is 1.73 bits per heavy atom. The van der Waals surface area contributed by atoms with Crippen LogP contribution in [0.2, 0.25) is 0 Å². The van der Waals surface area contributed by atoms with Gasteiger partial charge in [-0.3, -0.25) is 4.79 Å². The van der Waals surface area contributed by atoms with Crippen molar-refractivity contribution in [1.82, 2.24) is 0 Å². The highest BCUT2D eigenvalue weighted by Crippen LogP contribution is 2.29. The van der Waals surface area contributed by atoms with Crippen molar-refractivity contribution >= 4 is 17.3 Å². The predicted octanol–water partition coefficient (Wildman–Crippen LogP) is 4.06. The second-order valence-corrected chi connectivity index (χ2v) is 4.85. The maximum absolute atomic E-state index is 12.4. The molecule has 116 valence electrons. The van der Waals surface area contributed by atoms with Gasteiger partial charge in [-0.05, 0) is 48.9 Å². The SMILES string of the molecule is Cc1cccc(NCC(=O)Nc2ccc(C(F)(F)F)cc2)c1. The highest BCUT2D eigenvalue weighted by molar-refractivity contribution is 5.93. The highest BCUT2D eigenvalue weighted by atomic mass is 19.4. The van der Waals surface area contributed by atoms with Crippen molar-refractivity contribution in [2.24, 2.45) is 0 Å². The molecule has 22 heavy (non-hydrogen) atoms. The van der Waals surface area contributed by atoms with E-state index in [2.05, 4.69) is 10.6 Å². The van der Waals surface area contributed by atoms with Gasteiger partial charge in [-0.2, -0.15) is 13.2 Å². The summed E-state index contributed by atoms with van der Waals surface area (Å²) < 4.78 is 37.3. The van der Waals surface area contributed by atoms with Gasteiger partial charge in [0.05, 0.1) is 12.1 Å². The molecule has 3 nitrogen and oxygen atoms in total. The number of benzene rings is 2. The topological polar surface area (TPSA) is 41.1 Å². The molecule has 0 atom stereocenters. The number of carbonyl (C=O) groups excluding carboxylic acids is 1. The number of nitrogens with one attached hydrogen (secondary N) is 2. The van der Waals surface area contributed by atoms with Gasteiger partial charge in [0, 0.05) is 11.4 Å². The van der Waals surface area contributed by atoms with Crippen molar-refractivity contribution in [3.05, 3.63) is 59.7 Å². The molecule has 2 aromatic rings. The smallest absolute Gasteiger partial charge is 0.376 e. The standard InChI is InChI=1S/C16H15F3N2O/c1-11-3-2-4-14(9-11)20-10-15(22)21-13-7-5-12(6-8-13)16(17,18)19/h2-9,20H,10H2,1H3,(H,21,22). The zero-order valence-electron chi connectivity index (χ0n) is 11.9. The van der Waals surface area contributed by atoms with Crippen LogP contribution in [0.4, 0.5) is 24.5 Å². The molecule has 0 aromatic heterocycles. The molecule has 0 spiro atoms. The molecule has 0 heterocycles. The molecule has 0 fully saturated rings. The first-order valence-corrected chi connectivity index (χ1v) is 6.62. The number of carbonyl (C=O) groups is 1. The third kappa shape index (κ3) is 4.51. The van der Waals surface area contributed by atoms with Crippen molar-refractivity contribution < 1.29 is 18.0 Å². The zero-order chi connectivity index (χ0) is 16.2. The van der Waals surface area contributed by atoms with Crippen LogP contribution in [0.5, 0.6) is 0 Å². The molecule has 0 bridgehead atoms. The lowest BCUT2D eigenvalue weighted by molar-refractivity contribution is -0.137. The Labute approximate surface area is 126 Å². The second kappa shape index (κ2) is 6.51. The number of hydrogen-bond acceptors (Lipinski definition) is 2. The summed E-state index contributed by atoms with van der Waals surface area (Å²) in [6.45, 7) is 1.97. The molecule has 0 saturated carbocycles. The Morgan fingerprint density at radius 1 is 1.05 bits per heavy atom. The van der Waals surface area contributed by atoms with Gasteiger partial charge in [0.15, 0.2) is 0 Å². The van der Waals surface area contributed by atoms with E-state index in [0.717, 1.165) is 23.4 Å². The Kier molecular flexibility index (Phi) is 4.70. The maximum Gasteiger partial charge on any atom is 0.416 e. The summed E-state index contributed by atoms with van der Waals surface area (Å²) in [4.78, 5) is 11.8. The number of amides is 1. The molecule has 0 aliphatic heterocycles. The van der Waals surface area contributed by atoms with Gasteiger partial charge in [0.25, 0.3) is 0 Å². The fourth-order valence-corrected chi connectivity index (χ4v) is 1.89. The van der Waals surface area contributed by atoms with Gasteiger partial charge in [-0.1, -0.05) is 12.1 Å². The summed E-state index contributed by atoms with van der Waals surface area (Å²) in [6, 6.07) is 11.9. The molecule has 6 heteroatoms. The highest BCUT2D eigenvalue weighted by Gasteiger charge is 2.29. The van der Waals surface area contributed by atoms with E-state index in [4.69, 9.17) is 0 Å². The van der Waals surface area contributed by atoms with E-state index < -0.39 is 11.7 Å². The zero-order valence-corrected chi connectivity index (χ0v) is 11.9. The molecule has 2 N–H and O–H groups in total. The fourth-order valence-electron chi connectivity index (χ4n) is 1.89. The minimum Gasteiger partial charge on any atom is -0.376 e. The number of alkyl halides is 3. The van der Waals surface area contributed by atoms with Crippen molar-refractivity contribution in [3.63, 3.8) is 0 Å². The average Bonchev–Trinajstić information content (AvgIpc) is 2.45. The van der Waals surface area contributed by atoms with Gasteiger partial charge in [0.1, 0.15) is 0 Å². The van der Waals surface area contributed by atoms with Crippen LogP contribution < -0.4 is 10.6 Å². The summed E-state index contributed by atoms with van der Waals surface area (Å²) in [7, 11) is 0. The lowest BCUT2D eigenvalue weighted by Gasteiger charge is -2.10. The third-order valence-corrected chi connectivity index (χ3v) is 2.97. The minimum absolute atomic E-state index is 0.0322. The number of halogens is 3. The van der Waals surface area contributed by atoms with E-state index in [1.54, 1.807) is 0 Å². The lowest BCUT2D eigenvalue weighted by atomic mass is 10.2. The molecular weight excluding hydrogens is 293 g/mol. The van der Waals surface area contributed by atoms with Gasteiger partial charge >= 0.3 is 6.18 Å². The Morgan fingerprint density at radius 3 is 2.32 bits per heavy atom. The van der Waals surface area contributed by atoms with Crippen LogP contribution in [0.3, 0.4) is 0 Å². The van der Waals surface area contributed by atoms with E-state index in [9.17, 15) is 18.0 Å². The summed E-state index contributed by atoms with van der Waals surface area (Å²) in [5.74, 6) is -0.332. The summed E-state index contributed by atoms with van der Waals surface area (Å²) in [5, 5.41) is 5.49. The lowest BCUT2D eigenvalue weighted by Crippen LogP contribution is -2.21. The van der Waals surface area contributed by atoms with Gasteiger partial charge in [0.2, 0.25) is 5.91 Å². The normalized spacial score (nSPS) is 11.1. The first-order valence-electron chi connectivity index (χ1n) is 6.62. The van der Waals surface area contributed by atoms with Crippen molar-refractivity contribution in [1.29, 1.82) is 0 Å². The monoisotopic (exact) mass is 308 g/mol. The largest absolute Gasteiger partial charge is 0.416 e. The van der Waals surface area contributed by atoms with Gasteiger partial charge < -0.3 is 10.6 Å². The van der Waals surface area contributed by atoms with E-state index >= 15 is 0 Å². The van der Waals surface area contributed by atoms with Crippen molar-refractivity contribution in [3.8, 4) is 0 Å². The van der Waals surface area contributed by atoms with Crippen LogP contribution >= 0.6 is 0 Å². The molecule has 0 aliphatic rings. The van der Waals surface area contributed by atoms with E-state index in [0.29, 0.717) is 5.69 Å². The summed E-state index contributed by atoms with van der Waals surface area (Å²) >= 11 is 0. The van der Waals surface area contributed by atoms with Gasteiger partial charge in [-0.25, -0.2) is 0 Å². The van der Waals surface area contributed by atoms with E-state index in [-0.39, 0.29) is 12.5 Å². The second-order valence-electron chi connectivity index (χ2n) is 4.85. The molecule has 1 amide bonds. The van der Waals surface area contributed by atoms with Crippen LogP contribution in [0.25, 0.3) is 0 Å². The Hall–Kier alpha value is -2.50. The molecule has 2 aromatic carbocycles. The molecule has 0 unspecified atom stereocenters. The molecular formula is C16H15F3N2O. The molecule has 0 saturated heterocycles. The van der Waals surface area contributed by atoms with Crippen LogP contribution in [-0.4, -0.2) is 12.5 Å². The molecule has 2 rings (SSSR count). The van der Waals surface area contributed by atoms with Crippen LogP contribution in [-0.2, 0) is 11.0 Å². The van der Waals surface area contributed by atoms with Crippen LogP contribution in [0.1, 0.15) is 11.1 Å². The van der Waals surface area contributed by atoms with E-state index in [1.807, 2.05) is 31.2 Å². The quantitative estimate of drug-likeness (QED) is 0.894. The van der Waals surface area contributed by atoms with Crippen LogP contribution in [0, 0.1) is 6.92 Å². The fraction of sp³-hybridized carbons (Fsp3) is 0.188. The third-order valence-electron chi connectivity index (χ3n) is 2.97. The number of aryl methyl sites for hydroxylation is 1. The minimum atomic E-state index is -4.38. The molecule has 0 aliphatic carbocycles. The Bertz CT molecular complexity index is 651. The first kappa shape index (κ1) is 15.9. The number of anilines is 2. The van der Waals surface area contributed by atoms with Crippen molar-refractivity contribution in [2.45, 2.75) is 13.1 Å². The van der Waals surface area contributed by atoms with Crippen LogP contribution in [0.15, 0.2) is 48.5 Å². The average molecular weight is 308 g/mol. The Balaban J connectivity index is 1.89. The van der Waals surface area contributed by atoms with E-state index in [1.165, 1.54) is 12.1 Å². The number of hydrogen-bond donors (Lipinski definition) is 2. The first-order chi connectivity index (χ1) is 10.3. The maximum atomic E-state index is 12.4.